The predicted octanol–water partition coefficient (Wildman–Crippen LogP) is 3.35. The summed E-state index contributed by atoms with van der Waals surface area (Å²) in [4.78, 5) is 12.6. The number of hydrogen-bond donors (Lipinski definition) is 1. The molecule has 10 heteroatoms. The molecule has 1 amide bonds. The molecular weight excluding hydrogens is 396 g/mol. The van der Waals surface area contributed by atoms with Gasteiger partial charge in [0.25, 0.3) is 5.91 Å². The minimum Gasteiger partial charge on any atom is -0.296 e. The van der Waals surface area contributed by atoms with Gasteiger partial charge in [0.05, 0.1) is 15.5 Å². The van der Waals surface area contributed by atoms with Crippen molar-refractivity contribution in [3.8, 4) is 0 Å². The van der Waals surface area contributed by atoms with Crippen LogP contribution in [0.3, 0.4) is 0 Å². The molecule has 1 fully saturated rings. The summed E-state index contributed by atoms with van der Waals surface area (Å²) in [6.45, 7) is 4.95. The third kappa shape index (κ3) is 3.90. The summed E-state index contributed by atoms with van der Waals surface area (Å²) in [5.74, 6) is -0.310. The van der Waals surface area contributed by atoms with Gasteiger partial charge in [0.1, 0.15) is 5.01 Å². The first-order valence-corrected chi connectivity index (χ1v) is 10.9. The van der Waals surface area contributed by atoms with E-state index >= 15 is 0 Å². The summed E-state index contributed by atoms with van der Waals surface area (Å²) in [6.07, 6.45) is 1.69. The Morgan fingerprint density at radius 1 is 1.27 bits per heavy atom. The number of sulfonamides is 1. The van der Waals surface area contributed by atoms with Gasteiger partial charge in [-0.2, -0.15) is 4.31 Å². The first kappa shape index (κ1) is 19.2. The summed E-state index contributed by atoms with van der Waals surface area (Å²) < 4.78 is 26.8. The van der Waals surface area contributed by atoms with Crippen LogP contribution in [0.5, 0.6) is 0 Å². The van der Waals surface area contributed by atoms with Crippen LogP contribution >= 0.6 is 22.9 Å². The molecule has 2 heterocycles. The average Bonchev–Trinajstić information content (AvgIpc) is 3.27. The highest BCUT2D eigenvalue weighted by atomic mass is 35.5. The molecule has 0 atom stereocenters. The topological polar surface area (TPSA) is 92.3 Å². The highest BCUT2D eigenvalue weighted by Crippen LogP contribution is 2.27. The fourth-order valence-electron chi connectivity index (χ4n) is 2.60. The fraction of sp³-hybridized carbons (Fsp3) is 0.438. The molecule has 1 N–H and O–H groups in total. The summed E-state index contributed by atoms with van der Waals surface area (Å²) in [5, 5.41) is 11.9. The molecule has 2 aromatic rings. The van der Waals surface area contributed by atoms with Crippen molar-refractivity contribution in [3.05, 3.63) is 33.8 Å². The standard InChI is InChI=1S/C16H19ClN4O3S2/c1-10(2)15-19-20-16(25-15)18-14(22)12-9-11(5-6-13(12)17)26(23,24)21-7-3-4-8-21/h5-6,9-10H,3-4,7-8H2,1-2H3,(H,18,20,22). The van der Waals surface area contributed by atoms with Crippen LogP contribution in [0.15, 0.2) is 23.1 Å². The van der Waals surface area contributed by atoms with E-state index in [4.69, 9.17) is 11.6 Å². The van der Waals surface area contributed by atoms with Crippen LogP contribution in [0.2, 0.25) is 5.02 Å². The third-order valence-electron chi connectivity index (χ3n) is 4.04. The number of benzene rings is 1. The lowest BCUT2D eigenvalue weighted by atomic mass is 10.2. The Kier molecular flexibility index (Phi) is 5.61. The smallest absolute Gasteiger partial charge is 0.259 e. The van der Waals surface area contributed by atoms with E-state index in [1.54, 1.807) is 0 Å². The first-order valence-electron chi connectivity index (χ1n) is 8.23. The summed E-state index contributed by atoms with van der Waals surface area (Å²) in [5.41, 5.74) is 0.0910. The molecule has 0 saturated carbocycles. The van der Waals surface area contributed by atoms with Crippen LogP contribution in [0.1, 0.15) is 48.0 Å². The number of carbonyl (C=O) groups excluding carboxylic acids is 1. The molecule has 1 aliphatic heterocycles. The minimum atomic E-state index is -3.62. The van der Waals surface area contributed by atoms with Crippen molar-refractivity contribution >= 4 is 44.0 Å². The lowest BCUT2D eigenvalue weighted by Gasteiger charge is -2.16. The molecule has 0 spiro atoms. The monoisotopic (exact) mass is 414 g/mol. The maximum absolute atomic E-state index is 12.7. The number of hydrogen-bond acceptors (Lipinski definition) is 6. The number of halogens is 1. The van der Waals surface area contributed by atoms with Gasteiger partial charge in [0.2, 0.25) is 15.2 Å². The van der Waals surface area contributed by atoms with Crippen molar-refractivity contribution in [2.75, 3.05) is 18.4 Å². The number of nitrogens with one attached hydrogen (secondary N) is 1. The van der Waals surface area contributed by atoms with E-state index in [0.29, 0.717) is 18.2 Å². The molecule has 1 saturated heterocycles. The van der Waals surface area contributed by atoms with Gasteiger partial charge in [-0.3, -0.25) is 10.1 Å². The molecule has 7 nitrogen and oxygen atoms in total. The average molecular weight is 415 g/mol. The third-order valence-corrected chi connectivity index (χ3v) is 7.40. The van der Waals surface area contributed by atoms with E-state index in [2.05, 4.69) is 15.5 Å². The van der Waals surface area contributed by atoms with Crippen molar-refractivity contribution in [2.24, 2.45) is 0 Å². The molecule has 26 heavy (non-hydrogen) atoms. The highest BCUT2D eigenvalue weighted by molar-refractivity contribution is 7.89. The van der Waals surface area contributed by atoms with Gasteiger partial charge in [-0.1, -0.05) is 36.8 Å². The summed E-state index contributed by atoms with van der Waals surface area (Å²) in [7, 11) is -3.62. The van der Waals surface area contributed by atoms with Crippen molar-refractivity contribution in [2.45, 2.75) is 37.5 Å². The van der Waals surface area contributed by atoms with Crippen LogP contribution in [-0.2, 0) is 10.0 Å². The number of carbonyl (C=O) groups is 1. The zero-order valence-corrected chi connectivity index (χ0v) is 16.8. The van der Waals surface area contributed by atoms with E-state index in [-0.39, 0.29) is 21.4 Å². The Bertz CT molecular complexity index is 921. The predicted molar refractivity (Wildman–Crippen MR) is 101 cm³/mol. The van der Waals surface area contributed by atoms with E-state index in [1.165, 1.54) is 33.8 Å². The van der Waals surface area contributed by atoms with Crippen molar-refractivity contribution in [1.82, 2.24) is 14.5 Å². The zero-order chi connectivity index (χ0) is 18.9. The number of nitrogens with zero attached hydrogens (tertiary/aromatic N) is 3. The fourth-order valence-corrected chi connectivity index (χ4v) is 5.09. The zero-order valence-electron chi connectivity index (χ0n) is 14.4. The van der Waals surface area contributed by atoms with Gasteiger partial charge < -0.3 is 0 Å². The molecule has 0 bridgehead atoms. The number of aromatic nitrogens is 2. The first-order chi connectivity index (χ1) is 12.3. The molecule has 1 aromatic heterocycles. The second-order valence-electron chi connectivity index (χ2n) is 6.31. The van der Waals surface area contributed by atoms with E-state index in [9.17, 15) is 13.2 Å². The van der Waals surface area contributed by atoms with Crippen LogP contribution < -0.4 is 5.32 Å². The quantitative estimate of drug-likeness (QED) is 0.809. The molecule has 0 unspecified atom stereocenters. The van der Waals surface area contributed by atoms with Gasteiger partial charge >= 0.3 is 0 Å². The number of anilines is 1. The second-order valence-corrected chi connectivity index (χ2v) is 9.66. The summed E-state index contributed by atoms with van der Waals surface area (Å²) >= 11 is 7.40. The minimum absolute atomic E-state index is 0.0640. The normalized spacial score (nSPS) is 15.5. The largest absolute Gasteiger partial charge is 0.296 e. The molecule has 140 valence electrons. The van der Waals surface area contributed by atoms with Gasteiger partial charge in [-0.15, -0.1) is 10.2 Å². The molecule has 0 aliphatic carbocycles. The number of rotatable bonds is 5. The Hall–Kier alpha value is -1.55. The van der Waals surface area contributed by atoms with Gasteiger partial charge in [-0.25, -0.2) is 8.42 Å². The second kappa shape index (κ2) is 7.59. The van der Waals surface area contributed by atoms with E-state index in [1.807, 2.05) is 13.8 Å². The van der Waals surface area contributed by atoms with Crippen LogP contribution in [0.25, 0.3) is 0 Å². The highest BCUT2D eigenvalue weighted by Gasteiger charge is 2.28. The van der Waals surface area contributed by atoms with E-state index < -0.39 is 15.9 Å². The van der Waals surface area contributed by atoms with Crippen molar-refractivity contribution < 1.29 is 13.2 Å². The lowest BCUT2D eigenvalue weighted by Crippen LogP contribution is -2.28. The molecular formula is C16H19ClN4O3S2. The maximum atomic E-state index is 12.7. The Balaban J connectivity index is 1.86. The Morgan fingerprint density at radius 2 is 1.96 bits per heavy atom. The molecule has 1 aliphatic rings. The Labute approximate surface area is 161 Å². The molecule has 0 radical (unpaired) electrons. The lowest BCUT2D eigenvalue weighted by molar-refractivity contribution is 0.102. The van der Waals surface area contributed by atoms with E-state index in [0.717, 1.165) is 17.8 Å². The van der Waals surface area contributed by atoms with Crippen LogP contribution in [0.4, 0.5) is 5.13 Å². The van der Waals surface area contributed by atoms with Crippen molar-refractivity contribution in [3.63, 3.8) is 0 Å². The summed E-state index contributed by atoms with van der Waals surface area (Å²) in [6, 6.07) is 4.17. The number of amides is 1. The van der Waals surface area contributed by atoms with Gasteiger partial charge in [-0.05, 0) is 31.0 Å². The SMILES string of the molecule is CC(C)c1nnc(NC(=O)c2cc(S(=O)(=O)N3CCCC3)ccc2Cl)s1. The molecule has 3 rings (SSSR count). The van der Waals surface area contributed by atoms with Crippen LogP contribution in [-0.4, -0.2) is 41.9 Å². The van der Waals surface area contributed by atoms with Gasteiger partial charge in [0.15, 0.2) is 0 Å². The Morgan fingerprint density at radius 3 is 2.58 bits per heavy atom. The maximum Gasteiger partial charge on any atom is 0.259 e. The van der Waals surface area contributed by atoms with Gasteiger partial charge in [0, 0.05) is 19.0 Å². The van der Waals surface area contributed by atoms with Crippen LogP contribution in [0, 0.1) is 0 Å². The van der Waals surface area contributed by atoms with Crippen molar-refractivity contribution in [1.29, 1.82) is 0 Å². The molecule has 1 aromatic carbocycles.